The number of aliphatic carboxylic acids is 1. The summed E-state index contributed by atoms with van der Waals surface area (Å²) in [4.78, 5) is 29.2. The van der Waals surface area contributed by atoms with Crippen LogP contribution >= 0.6 is 11.3 Å². The molecule has 2 heterocycles. The van der Waals surface area contributed by atoms with Crippen LogP contribution in [0, 0.1) is 0 Å². The molecule has 2 amide bonds. The number of carboxylic acid groups (broad SMARTS) is 1. The molecule has 1 atom stereocenters. The van der Waals surface area contributed by atoms with Gasteiger partial charge in [-0.05, 0) is 11.1 Å². The lowest BCUT2D eigenvalue weighted by Gasteiger charge is -2.32. The van der Waals surface area contributed by atoms with Crippen molar-refractivity contribution in [3.8, 4) is 0 Å². The molecule has 1 unspecified atom stereocenters. The maximum atomic E-state index is 12.2. The molecular formula is C14H13N3O3S. The summed E-state index contributed by atoms with van der Waals surface area (Å²) < 4.78 is 0. The third-order valence-electron chi connectivity index (χ3n) is 3.43. The summed E-state index contributed by atoms with van der Waals surface area (Å²) in [5.41, 5.74) is 1.65. The van der Waals surface area contributed by atoms with Crippen molar-refractivity contribution in [2.45, 2.75) is 12.5 Å². The lowest BCUT2D eigenvalue weighted by Crippen LogP contribution is -2.42. The normalized spacial score (nSPS) is 17.1. The fourth-order valence-corrected chi connectivity index (χ4v) is 2.95. The highest BCUT2D eigenvalue weighted by molar-refractivity contribution is 7.13. The third kappa shape index (κ3) is 2.73. The summed E-state index contributed by atoms with van der Waals surface area (Å²) in [5.74, 6) is -1.62. The van der Waals surface area contributed by atoms with E-state index in [2.05, 4.69) is 10.3 Å². The number of thiazole rings is 1. The summed E-state index contributed by atoms with van der Waals surface area (Å²) >= 11 is 1.32. The van der Waals surface area contributed by atoms with Gasteiger partial charge in [0.05, 0.1) is 5.92 Å². The van der Waals surface area contributed by atoms with Gasteiger partial charge in [-0.3, -0.25) is 10.1 Å². The van der Waals surface area contributed by atoms with Crippen molar-refractivity contribution in [3.63, 3.8) is 0 Å². The molecule has 1 aliphatic heterocycles. The number of carbonyl (C=O) groups is 2. The molecular weight excluding hydrogens is 290 g/mol. The Morgan fingerprint density at radius 1 is 1.38 bits per heavy atom. The highest BCUT2D eigenvalue weighted by Gasteiger charge is 2.32. The minimum Gasteiger partial charge on any atom is -0.481 e. The average molecular weight is 303 g/mol. The van der Waals surface area contributed by atoms with Gasteiger partial charge in [0.25, 0.3) is 0 Å². The molecule has 0 fully saturated rings. The Kier molecular flexibility index (Phi) is 3.57. The fourth-order valence-electron chi connectivity index (χ4n) is 2.43. The average Bonchev–Trinajstić information content (AvgIpc) is 2.98. The number of urea groups is 1. The predicted octanol–water partition coefficient (Wildman–Crippen LogP) is 2.36. The smallest absolute Gasteiger partial charge is 0.323 e. The van der Waals surface area contributed by atoms with Crippen LogP contribution in [0.4, 0.5) is 9.93 Å². The number of benzene rings is 1. The molecule has 7 heteroatoms. The molecule has 108 valence electrons. The Bertz CT molecular complexity index is 672. The van der Waals surface area contributed by atoms with Crippen molar-refractivity contribution in [1.29, 1.82) is 0 Å². The fraction of sp³-hybridized carbons (Fsp3) is 0.214. The van der Waals surface area contributed by atoms with Crippen molar-refractivity contribution in [1.82, 2.24) is 9.88 Å². The van der Waals surface area contributed by atoms with Crippen LogP contribution < -0.4 is 5.32 Å². The Morgan fingerprint density at radius 3 is 2.90 bits per heavy atom. The first-order chi connectivity index (χ1) is 10.1. The molecule has 1 aromatic heterocycles. The van der Waals surface area contributed by atoms with Gasteiger partial charge >= 0.3 is 12.0 Å². The molecule has 2 N–H and O–H groups in total. The molecule has 6 nitrogen and oxygen atoms in total. The van der Waals surface area contributed by atoms with Crippen LogP contribution in [0.5, 0.6) is 0 Å². The van der Waals surface area contributed by atoms with Gasteiger partial charge in [-0.1, -0.05) is 24.3 Å². The maximum Gasteiger partial charge on any atom is 0.323 e. The molecule has 0 spiro atoms. The van der Waals surface area contributed by atoms with E-state index in [-0.39, 0.29) is 12.6 Å². The molecule has 2 aromatic rings. The van der Waals surface area contributed by atoms with E-state index in [0.29, 0.717) is 11.7 Å². The van der Waals surface area contributed by atoms with Gasteiger partial charge in [-0.15, -0.1) is 11.3 Å². The number of carboxylic acids is 1. The van der Waals surface area contributed by atoms with E-state index in [1.54, 1.807) is 11.6 Å². The van der Waals surface area contributed by atoms with Crippen molar-refractivity contribution >= 4 is 28.5 Å². The minimum absolute atomic E-state index is 0.156. The topological polar surface area (TPSA) is 82.5 Å². The maximum absolute atomic E-state index is 12.2. The quantitative estimate of drug-likeness (QED) is 0.892. The van der Waals surface area contributed by atoms with Gasteiger partial charge in [-0.25, -0.2) is 9.78 Å². The van der Waals surface area contributed by atoms with Gasteiger partial charge in [-0.2, -0.15) is 0 Å². The van der Waals surface area contributed by atoms with E-state index in [1.807, 2.05) is 24.3 Å². The van der Waals surface area contributed by atoms with E-state index in [4.69, 9.17) is 0 Å². The Morgan fingerprint density at radius 2 is 2.19 bits per heavy atom. The molecule has 3 rings (SSSR count). The predicted molar refractivity (Wildman–Crippen MR) is 78.4 cm³/mol. The standard InChI is InChI=1S/C14H13N3O3S/c18-12(19)11-8-17(7-9-3-1-2-4-10(9)11)14(20)16-13-15-5-6-21-13/h1-6,11H,7-8H2,(H,18,19)(H,15,16,20). The molecule has 1 aliphatic rings. The number of rotatable bonds is 2. The lowest BCUT2D eigenvalue weighted by molar-refractivity contribution is -0.139. The largest absolute Gasteiger partial charge is 0.481 e. The molecule has 0 saturated heterocycles. The monoisotopic (exact) mass is 303 g/mol. The third-order valence-corrected chi connectivity index (χ3v) is 4.11. The van der Waals surface area contributed by atoms with Crippen LogP contribution in [0.2, 0.25) is 0 Å². The van der Waals surface area contributed by atoms with Crippen molar-refractivity contribution in [2.75, 3.05) is 11.9 Å². The molecule has 0 aliphatic carbocycles. The summed E-state index contributed by atoms with van der Waals surface area (Å²) in [6.07, 6.45) is 1.60. The van der Waals surface area contributed by atoms with Gasteiger partial charge in [0, 0.05) is 24.7 Å². The first kappa shape index (κ1) is 13.6. The minimum atomic E-state index is -0.922. The van der Waals surface area contributed by atoms with Crippen LogP contribution in [-0.4, -0.2) is 33.5 Å². The van der Waals surface area contributed by atoms with Crippen LogP contribution in [0.3, 0.4) is 0 Å². The number of hydrogen-bond donors (Lipinski definition) is 2. The van der Waals surface area contributed by atoms with Crippen molar-refractivity contribution in [3.05, 3.63) is 47.0 Å². The number of fused-ring (bicyclic) bond motifs is 1. The Hall–Kier alpha value is -2.41. The first-order valence-corrected chi connectivity index (χ1v) is 7.29. The number of anilines is 1. The van der Waals surface area contributed by atoms with Gasteiger partial charge in [0.1, 0.15) is 0 Å². The second-order valence-corrected chi connectivity index (χ2v) is 5.63. The second-order valence-electron chi connectivity index (χ2n) is 4.74. The summed E-state index contributed by atoms with van der Waals surface area (Å²) in [5, 5.41) is 14.3. The van der Waals surface area contributed by atoms with Crippen LogP contribution in [-0.2, 0) is 11.3 Å². The van der Waals surface area contributed by atoms with E-state index >= 15 is 0 Å². The Balaban J connectivity index is 1.82. The van der Waals surface area contributed by atoms with Gasteiger partial charge in [0.15, 0.2) is 5.13 Å². The van der Waals surface area contributed by atoms with Crippen LogP contribution in [0.15, 0.2) is 35.8 Å². The highest BCUT2D eigenvalue weighted by atomic mass is 32.1. The second kappa shape index (κ2) is 5.53. The summed E-state index contributed by atoms with van der Waals surface area (Å²) in [6.45, 7) is 0.556. The summed E-state index contributed by atoms with van der Waals surface area (Å²) in [7, 11) is 0. The number of nitrogens with zero attached hydrogens (tertiary/aromatic N) is 2. The van der Waals surface area contributed by atoms with E-state index in [1.165, 1.54) is 16.2 Å². The van der Waals surface area contributed by atoms with Crippen LogP contribution in [0.1, 0.15) is 17.0 Å². The van der Waals surface area contributed by atoms with Crippen molar-refractivity contribution < 1.29 is 14.7 Å². The zero-order chi connectivity index (χ0) is 14.8. The zero-order valence-corrected chi connectivity index (χ0v) is 11.8. The number of aromatic nitrogens is 1. The summed E-state index contributed by atoms with van der Waals surface area (Å²) in [6, 6.07) is 7.00. The molecule has 0 radical (unpaired) electrons. The lowest BCUT2D eigenvalue weighted by atomic mass is 9.90. The molecule has 0 saturated carbocycles. The number of amides is 2. The van der Waals surface area contributed by atoms with Crippen molar-refractivity contribution in [2.24, 2.45) is 0 Å². The van der Waals surface area contributed by atoms with E-state index in [9.17, 15) is 14.7 Å². The van der Waals surface area contributed by atoms with Gasteiger partial charge < -0.3 is 10.0 Å². The highest BCUT2D eigenvalue weighted by Crippen LogP contribution is 2.29. The number of hydrogen-bond acceptors (Lipinski definition) is 4. The van der Waals surface area contributed by atoms with Crippen LogP contribution in [0.25, 0.3) is 0 Å². The van der Waals surface area contributed by atoms with Gasteiger partial charge in [0.2, 0.25) is 0 Å². The molecule has 1 aromatic carbocycles. The number of carbonyl (C=O) groups excluding carboxylic acids is 1. The first-order valence-electron chi connectivity index (χ1n) is 6.41. The zero-order valence-electron chi connectivity index (χ0n) is 11.0. The molecule has 21 heavy (non-hydrogen) atoms. The van der Waals surface area contributed by atoms with E-state index in [0.717, 1.165) is 11.1 Å². The molecule has 0 bridgehead atoms. The number of nitrogens with one attached hydrogen (secondary N) is 1. The SMILES string of the molecule is O=C(O)C1CN(C(=O)Nc2nccs2)Cc2ccccc21. The Labute approximate surface area is 125 Å². The van der Waals surface area contributed by atoms with E-state index < -0.39 is 11.9 Å².